The second kappa shape index (κ2) is 9.73. The number of amides is 1. The van der Waals surface area contributed by atoms with E-state index in [1.54, 1.807) is 19.1 Å². The Kier molecular flexibility index (Phi) is 7.84. The Hall–Kier alpha value is -1.91. The van der Waals surface area contributed by atoms with Gasteiger partial charge in [0.25, 0.3) is 0 Å². The van der Waals surface area contributed by atoms with Crippen molar-refractivity contribution in [1.29, 1.82) is 0 Å². The van der Waals surface area contributed by atoms with Crippen LogP contribution in [0.25, 0.3) is 0 Å². The van der Waals surface area contributed by atoms with Crippen molar-refractivity contribution in [3.05, 3.63) is 23.8 Å². The van der Waals surface area contributed by atoms with Crippen molar-refractivity contribution in [2.45, 2.75) is 39.0 Å². The molecule has 3 rings (SSSR count). The first-order valence-corrected chi connectivity index (χ1v) is 9.54. The smallest absolute Gasteiger partial charge is 0.410 e. The van der Waals surface area contributed by atoms with Crippen LogP contribution in [0.4, 0.5) is 4.79 Å². The van der Waals surface area contributed by atoms with Gasteiger partial charge in [0.15, 0.2) is 5.96 Å². The normalized spacial score (nSPS) is 18.4. The number of fused-ring (bicyclic) bond motifs is 1. The number of carbonyl (C=O) groups excluding carboxylic acids is 1. The molecule has 1 unspecified atom stereocenters. The summed E-state index contributed by atoms with van der Waals surface area (Å²) in [5.41, 5.74) is 0.548. The number of halogens is 1. The van der Waals surface area contributed by atoms with E-state index >= 15 is 0 Å². The Morgan fingerprint density at radius 1 is 1.24 bits per heavy atom. The summed E-state index contributed by atoms with van der Waals surface area (Å²) in [7, 11) is 3.29. The number of hydrogen-bond donors (Lipinski definition) is 1. The molecule has 29 heavy (non-hydrogen) atoms. The van der Waals surface area contributed by atoms with E-state index in [0.29, 0.717) is 26.2 Å². The fourth-order valence-electron chi connectivity index (χ4n) is 3.39. The molecule has 1 fully saturated rings. The molecule has 1 aromatic rings. The Balaban J connectivity index is 0.00000300. The summed E-state index contributed by atoms with van der Waals surface area (Å²) >= 11 is 0. The first-order chi connectivity index (χ1) is 13.3. The molecule has 2 aliphatic rings. The van der Waals surface area contributed by atoms with Gasteiger partial charge < -0.3 is 29.3 Å². The molecule has 1 amide bonds. The maximum Gasteiger partial charge on any atom is 0.410 e. The number of carbonyl (C=O) groups is 1. The molecular formula is C20H31IN4O4. The van der Waals surface area contributed by atoms with E-state index in [2.05, 4.69) is 15.2 Å². The van der Waals surface area contributed by atoms with Gasteiger partial charge in [-0.05, 0) is 32.9 Å². The van der Waals surface area contributed by atoms with Crippen LogP contribution in [0.15, 0.2) is 23.2 Å². The van der Waals surface area contributed by atoms with E-state index < -0.39 is 5.60 Å². The molecule has 162 valence electrons. The number of benzene rings is 1. The number of ether oxygens (including phenoxy) is 3. The van der Waals surface area contributed by atoms with Gasteiger partial charge in [0.05, 0.1) is 26.8 Å². The second-order valence-electron chi connectivity index (χ2n) is 7.97. The monoisotopic (exact) mass is 518 g/mol. The summed E-state index contributed by atoms with van der Waals surface area (Å²) in [4.78, 5) is 21.0. The van der Waals surface area contributed by atoms with Gasteiger partial charge in [-0.15, -0.1) is 24.0 Å². The van der Waals surface area contributed by atoms with E-state index in [4.69, 9.17) is 14.2 Å². The highest BCUT2D eigenvalue weighted by Gasteiger charge is 2.36. The number of nitrogens with one attached hydrogen (secondary N) is 1. The number of piperazine rings is 1. The lowest BCUT2D eigenvalue weighted by Crippen LogP contribution is -2.57. The van der Waals surface area contributed by atoms with Crippen LogP contribution >= 0.6 is 24.0 Å². The predicted octanol–water partition coefficient (Wildman–Crippen LogP) is 2.70. The number of methoxy groups -OCH3 is 2. The molecule has 2 heterocycles. The molecule has 0 aliphatic carbocycles. The maximum absolute atomic E-state index is 12.3. The molecular weight excluding hydrogens is 487 g/mol. The van der Waals surface area contributed by atoms with Crippen molar-refractivity contribution >= 4 is 36.0 Å². The first-order valence-electron chi connectivity index (χ1n) is 9.54. The molecule has 8 nitrogen and oxygen atoms in total. The summed E-state index contributed by atoms with van der Waals surface area (Å²) in [6.45, 7) is 8.90. The minimum atomic E-state index is -0.482. The van der Waals surface area contributed by atoms with Crippen LogP contribution < -0.4 is 14.8 Å². The molecule has 1 aromatic carbocycles. The topological polar surface area (TPSA) is 75.6 Å². The Morgan fingerprint density at radius 2 is 2.00 bits per heavy atom. The maximum atomic E-state index is 12.3. The van der Waals surface area contributed by atoms with Gasteiger partial charge in [-0.3, -0.25) is 4.99 Å². The quantitative estimate of drug-likeness (QED) is 0.619. The zero-order valence-electron chi connectivity index (χ0n) is 17.7. The van der Waals surface area contributed by atoms with E-state index in [1.165, 1.54) is 0 Å². The first kappa shape index (κ1) is 23.4. The van der Waals surface area contributed by atoms with Gasteiger partial charge in [-0.2, -0.15) is 0 Å². The average Bonchev–Trinajstić information content (AvgIpc) is 3.07. The van der Waals surface area contributed by atoms with Crippen molar-refractivity contribution in [3.8, 4) is 11.5 Å². The van der Waals surface area contributed by atoms with E-state index in [1.807, 2.05) is 39.0 Å². The highest BCUT2D eigenvalue weighted by atomic mass is 127. The third-order valence-corrected chi connectivity index (χ3v) is 4.79. The van der Waals surface area contributed by atoms with Crippen LogP contribution in [0.2, 0.25) is 0 Å². The van der Waals surface area contributed by atoms with E-state index in [0.717, 1.165) is 29.6 Å². The number of rotatable bonds is 4. The van der Waals surface area contributed by atoms with Gasteiger partial charge in [-0.1, -0.05) is 0 Å². The van der Waals surface area contributed by atoms with Crippen LogP contribution in [0.5, 0.6) is 11.5 Å². The zero-order chi connectivity index (χ0) is 20.3. The van der Waals surface area contributed by atoms with Crippen LogP contribution in [-0.4, -0.2) is 73.9 Å². The molecule has 0 radical (unpaired) electrons. The third kappa shape index (κ3) is 5.80. The Labute approximate surface area is 189 Å². The van der Waals surface area contributed by atoms with Crippen molar-refractivity contribution < 1.29 is 19.0 Å². The van der Waals surface area contributed by atoms with Gasteiger partial charge in [-0.25, -0.2) is 4.79 Å². The molecule has 0 spiro atoms. The number of hydrogen-bond acceptors (Lipinski definition) is 7. The van der Waals surface area contributed by atoms with Crippen LogP contribution in [0.3, 0.4) is 0 Å². The summed E-state index contributed by atoms with van der Waals surface area (Å²) in [6, 6.07) is 5.95. The zero-order valence-corrected chi connectivity index (χ0v) is 20.1. The molecule has 0 saturated carbocycles. The highest BCUT2D eigenvalue weighted by Crippen LogP contribution is 2.25. The minimum Gasteiger partial charge on any atom is -0.497 e. The summed E-state index contributed by atoms with van der Waals surface area (Å²) in [6.07, 6.45) is -0.253. The average molecular weight is 518 g/mol. The van der Waals surface area contributed by atoms with Gasteiger partial charge in [0, 0.05) is 37.8 Å². The van der Waals surface area contributed by atoms with Gasteiger partial charge in [0.1, 0.15) is 17.1 Å². The van der Waals surface area contributed by atoms with Crippen molar-refractivity contribution in [2.75, 3.05) is 40.4 Å². The molecule has 0 bridgehead atoms. The molecule has 9 heteroatoms. The van der Waals surface area contributed by atoms with E-state index in [9.17, 15) is 4.79 Å². The summed E-state index contributed by atoms with van der Waals surface area (Å²) in [5, 5.41) is 3.41. The van der Waals surface area contributed by atoms with Gasteiger partial charge in [0.2, 0.25) is 0 Å². The van der Waals surface area contributed by atoms with Crippen LogP contribution in [-0.2, 0) is 11.3 Å². The minimum absolute atomic E-state index is 0. The predicted molar refractivity (Wildman–Crippen MR) is 122 cm³/mol. The number of aliphatic imine (C=N–C) groups is 1. The Bertz CT molecular complexity index is 750. The molecule has 1 saturated heterocycles. The van der Waals surface area contributed by atoms with Crippen LogP contribution in [0.1, 0.15) is 26.3 Å². The lowest BCUT2D eigenvalue weighted by molar-refractivity contribution is 0.0137. The fraction of sp³-hybridized carbons (Fsp3) is 0.600. The van der Waals surface area contributed by atoms with Crippen LogP contribution in [0, 0.1) is 0 Å². The molecule has 1 N–H and O–H groups in total. The third-order valence-electron chi connectivity index (χ3n) is 4.79. The molecule has 2 aliphatic heterocycles. The largest absolute Gasteiger partial charge is 0.497 e. The van der Waals surface area contributed by atoms with E-state index in [-0.39, 0.29) is 36.1 Å². The molecule has 1 atom stereocenters. The number of nitrogens with zero attached hydrogens (tertiary/aromatic N) is 3. The Morgan fingerprint density at radius 3 is 2.66 bits per heavy atom. The number of guanidine groups is 1. The molecule has 0 aromatic heterocycles. The lowest BCUT2D eigenvalue weighted by Gasteiger charge is -2.39. The van der Waals surface area contributed by atoms with Gasteiger partial charge >= 0.3 is 6.09 Å². The SMILES string of the molecule is COc1ccc(CNC2=NCC3CN(C(=O)OC(C)(C)C)CCN23)c(OC)c1.I. The summed E-state index contributed by atoms with van der Waals surface area (Å²) in [5.74, 6) is 2.40. The standard InChI is InChI=1S/C20H30N4O4.HI/c1-20(2,3)28-19(25)23-8-9-24-15(13-23)12-22-18(24)21-11-14-6-7-16(26-4)10-17(14)27-5;/h6-7,10,15H,8-9,11-13H2,1-5H3,(H,21,22);1H. The lowest BCUT2D eigenvalue weighted by atomic mass is 10.2. The highest BCUT2D eigenvalue weighted by molar-refractivity contribution is 14.0. The fourth-order valence-corrected chi connectivity index (χ4v) is 3.39. The van der Waals surface area contributed by atoms with Crippen molar-refractivity contribution in [2.24, 2.45) is 4.99 Å². The second-order valence-corrected chi connectivity index (χ2v) is 7.97. The summed E-state index contributed by atoms with van der Waals surface area (Å²) < 4.78 is 16.2. The van der Waals surface area contributed by atoms with Crippen molar-refractivity contribution in [1.82, 2.24) is 15.1 Å². The van der Waals surface area contributed by atoms with Crippen molar-refractivity contribution in [3.63, 3.8) is 0 Å².